The quantitative estimate of drug-likeness (QED) is 0.896. The van der Waals surface area contributed by atoms with Gasteiger partial charge in [-0.15, -0.1) is 0 Å². The number of amides is 1. The predicted molar refractivity (Wildman–Crippen MR) is 74.8 cm³/mol. The van der Waals surface area contributed by atoms with Crippen molar-refractivity contribution in [3.05, 3.63) is 18.3 Å². The van der Waals surface area contributed by atoms with Crippen LogP contribution in [0.25, 0.3) is 0 Å². The molecular formula is C14H21FN4O. The molecule has 1 saturated heterocycles. The van der Waals surface area contributed by atoms with Crippen molar-refractivity contribution < 1.29 is 9.18 Å². The Balaban J connectivity index is 1.90. The molecule has 0 aliphatic carbocycles. The lowest BCUT2D eigenvalue weighted by atomic mass is 9.94. The van der Waals surface area contributed by atoms with Crippen LogP contribution in [0.1, 0.15) is 33.6 Å². The summed E-state index contributed by atoms with van der Waals surface area (Å²) >= 11 is 0. The lowest BCUT2D eigenvalue weighted by molar-refractivity contribution is -0.129. The lowest BCUT2D eigenvalue weighted by Crippen LogP contribution is -2.48. The van der Waals surface area contributed by atoms with Gasteiger partial charge >= 0.3 is 0 Å². The van der Waals surface area contributed by atoms with Gasteiger partial charge in [0, 0.05) is 24.5 Å². The summed E-state index contributed by atoms with van der Waals surface area (Å²) in [6.07, 6.45) is 4.12. The van der Waals surface area contributed by atoms with Gasteiger partial charge in [-0.3, -0.25) is 4.79 Å². The molecule has 1 aliphatic rings. The Bertz CT molecular complexity index is 478. The number of aromatic nitrogens is 2. The molecule has 1 aliphatic heterocycles. The largest absolute Gasteiger partial charge is 0.354 e. The summed E-state index contributed by atoms with van der Waals surface area (Å²) in [7, 11) is 0. The fourth-order valence-electron chi connectivity index (χ4n) is 2.18. The molecule has 0 radical (unpaired) electrons. The molecule has 0 unspecified atom stereocenters. The van der Waals surface area contributed by atoms with Crippen LogP contribution in [-0.2, 0) is 4.79 Å². The number of rotatable bonds is 2. The Morgan fingerprint density at radius 2 is 2.05 bits per heavy atom. The van der Waals surface area contributed by atoms with E-state index < -0.39 is 5.82 Å². The zero-order chi connectivity index (χ0) is 14.8. The molecule has 0 bridgehead atoms. The van der Waals surface area contributed by atoms with Crippen LogP contribution >= 0.6 is 0 Å². The normalized spacial score (nSPS) is 17.1. The Kier molecular flexibility index (Phi) is 4.20. The number of nitrogens with one attached hydrogen (secondary N) is 1. The second-order valence-electron chi connectivity index (χ2n) is 6.18. The van der Waals surface area contributed by atoms with E-state index in [1.54, 1.807) is 0 Å². The molecule has 0 atom stereocenters. The molecule has 20 heavy (non-hydrogen) atoms. The standard InChI is InChI=1S/C14H21FN4O/c1-14(2,3)13(20)18-10-4-6-19(7-5-10)12-11(15)8-16-9-17-12/h8-10H,4-7H2,1-3H3,(H,18,20). The van der Waals surface area contributed by atoms with E-state index in [2.05, 4.69) is 15.3 Å². The van der Waals surface area contributed by atoms with Crippen molar-refractivity contribution in [2.24, 2.45) is 5.41 Å². The molecule has 1 aromatic rings. The minimum Gasteiger partial charge on any atom is -0.354 e. The van der Waals surface area contributed by atoms with Crippen LogP contribution in [0.3, 0.4) is 0 Å². The van der Waals surface area contributed by atoms with E-state index in [1.165, 1.54) is 12.5 Å². The van der Waals surface area contributed by atoms with Gasteiger partial charge in [0.25, 0.3) is 0 Å². The van der Waals surface area contributed by atoms with Crippen LogP contribution in [0.15, 0.2) is 12.5 Å². The smallest absolute Gasteiger partial charge is 0.225 e. The Morgan fingerprint density at radius 1 is 1.40 bits per heavy atom. The molecule has 1 aromatic heterocycles. The van der Waals surface area contributed by atoms with Crippen molar-refractivity contribution in [1.29, 1.82) is 0 Å². The van der Waals surface area contributed by atoms with Crippen LogP contribution in [0.4, 0.5) is 10.2 Å². The molecule has 0 saturated carbocycles. The highest BCUT2D eigenvalue weighted by molar-refractivity contribution is 5.81. The molecule has 110 valence electrons. The molecule has 0 aromatic carbocycles. The van der Waals surface area contributed by atoms with Gasteiger partial charge in [0.1, 0.15) is 6.33 Å². The second kappa shape index (κ2) is 5.73. The molecule has 1 N–H and O–H groups in total. The number of nitrogens with zero attached hydrogens (tertiary/aromatic N) is 3. The van der Waals surface area contributed by atoms with E-state index >= 15 is 0 Å². The number of carbonyl (C=O) groups is 1. The number of hydrogen-bond donors (Lipinski definition) is 1. The van der Waals surface area contributed by atoms with Gasteiger partial charge in [0.05, 0.1) is 6.20 Å². The average molecular weight is 280 g/mol. The zero-order valence-electron chi connectivity index (χ0n) is 12.2. The van der Waals surface area contributed by atoms with E-state index in [0.717, 1.165) is 12.8 Å². The van der Waals surface area contributed by atoms with Crippen molar-refractivity contribution in [1.82, 2.24) is 15.3 Å². The monoisotopic (exact) mass is 280 g/mol. The lowest BCUT2D eigenvalue weighted by Gasteiger charge is -2.34. The maximum absolute atomic E-state index is 13.6. The number of halogens is 1. The van der Waals surface area contributed by atoms with Gasteiger partial charge in [-0.25, -0.2) is 14.4 Å². The van der Waals surface area contributed by atoms with Gasteiger partial charge in [0.2, 0.25) is 5.91 Å². The van der Waals surface area contributed by atoms with E-state index in [-0.39, 0.29) is 17.4 Å². The molecule has 6 heteroatoms. The first-order chi connectivity index (χ1) is 9.38. The first-order valence-corrected chi connectivity index (χ1v) is 6.89. The number of hydrogen-bond acceptors (Lipinski definition) is 4. The third-order valence-corrected chi connectivity index (χ3v) is 3.46. The highest BCUT2D eigenvalue weighted by Crippen LogP contribution is 2.21. The Labute approximate surface area is 118 Å². The number of piperidine rings is 1. The first kappa shape index (κ1) is 14.7. The summed E-state index contributed by atoms with van der Waals surface area (Å²) in [5.41, 5.74) is -0.379. The molecule has 5 nitrogen and oxygen atoms in total. The van der Waals surface area contributed by atoms with Crippen molar-refractivity contribution in [2.45, 2.75) is 39.7 Å². The van der Waals surface area contributed by atoms with Gasteiger partial charge in [-0.1, -0.05) is 20.8 Å². The number of carbonyl (C=O) groups excluding carboxylic acids is 1. The van der Waals surface area contributed by atoms with E-state index in [4.69, 9.17) is 0 Å². The first-order valence-electron chi connectivity index (χ1n) is 6.89. The van der Waals surface area contributed by atoms with Crippen molar-refractivity contribution in [3.63, 3.8) is 0 Å². The maximum Gasteiger partial charge on any atom is 0.225 e. The highest BCUT2D eigenvalue weighted by Gasteiger charge is 2.27. The molecular weight excluding hydrogens is 259 g/mol. The van der Waals surface area contributed by atoms with Crippen LogP contribution < -0.4 is 10.2 Å². The summed E-state index contributed by atoms with van der Waals surface area (Å²) in [5, 5.41) is 3.05. The van der Waals surface area contributed by atoms with E-state index in [9.17, 15) is 9.18 Å². The third kappa shape index (κ3) is 3.43. The van der Waals surface area contributed by atoms with Crippen LogP contribution in [-0.4, -0.2) is 35.0 Å². The highest BCUT2D eigenvalue weighted by atomic mass is 19.1. The Hall–Kier alpha value is -1.72. The maximum atomic E-state index is 13.6. The Morgan fingerprint density at radius 3 is 2.60 bits per heavy atom. The van der Waals surface area contributed by atoms with Gasteiger partial charge in [-0.2, -0.15) is 0 Å². The van der Waals surface area contributed by atoms with Crippen LogP contribution in [0, 0.1) is 11.2 Å². The zero-order valence-corrected chi connectivity index (χ0v) is 12.2. The summed E-state index contributed by atoms with van der Waals surface area (Å²) < 4.78 is 13.6. The summed E-state index contributed by atoms with van der Waals surface area (Å²) in [4.78, 5) is 21.5. The molecule has 2 rings (SSSR count). The summed E-state index contributed by atoms with van der Waals surface area (Å²) in [6, 6.07) is 0.155. The number of anilines is 1. The fourth-order valence-corrected chi connectivity index (χ4v) is 2.18. The predicted octanol–water partition coefficient (Wildman–Crippen LogP) is 1.75. The topological polar surface area (TPSA) is 58.1 Å². The van der Waals surface area contributed by atoms with E-state index in [1.807, 2.05) is 25.7 Å². The third-order valence-electron chi connectivity index (χ3n) is 3.46. The van der Waals surface area contributed by atoms with Crippen molar-refractivity contribution >= 4 is 11.7 Å². The van der Waals surface area contributed by atoms with Gasteiger partial charge in [-0.05, 0) is 12.8 Å². The van der Waals surface area contributed by atoms with Gasteiger partial charge in [0.15, 0.2) is 11.6 Å². The van der Waals surface area contributed by atoms with Crippen LogP contribution in [0.2, 0.25) is 0 Å². The average Bonchev–Trinajstić information content (AvgIpc) is 2.39. The van der Waals surface area contributed by atoms with Crippen molar-refractivity contribution in [2.75, 3.05) is 18.0 Å². The minimum absolute atomic E-state index is 0.0594. The van der Waals surface area contributed by atoms with E-state index in [0.29, 0.717) is 18.9 Å². The second-order valence-corrected chi connectivity index (χ2v) is 6.18. The molecule has 0 spiro atoms. The molecule has 1 amide bonds. The summed E-state index contributed by atoms with van der Waals surface area (Å²) in [6.45, 7) is 7.06. The van der Waals surface area contributed by atoms with Crippen LogP contribution in [0.5, 0.6) is 0 Å². The molecule has 1 fully saturated rings. The van der Waals surface area contributed by atoms with Crippen molar-refractivity contribution in [3.8, 4) is 0 Å². The fraction of sp³-hybridized carbons (Fsp3) is 0.643. The SMILES string of the molecule is CC(C)(C)C(=O)NC1CCN(c2ncncc2F)CC1. The minimum atomic E-state index is -0.398. The van der Waals surface area contributed by atoms with Gasteiger partial charge < -0.3 is 10.2 Å². The molecule has 2 heterocycles. The summed E-state index contributed by atoms with van der Waals surface area (Å²) in [5.74, 6) is 0.00874.